The van der Waals surface area contributed by atoms with Gasteiger partial charge in [-0.2, -0.15) is 0 Å². The molecule has 1 nitrogen and oxygen atoms in total. The first-order valence-electron chi connectivity index (χ1n) is 13.4. The highest BCUT2D eigenvalue weighted by molar-refractivity contribution is 5.37. The van der Waals surface area contributed by atoms with E-state index in [4.69, 9.17) is 4.11 Å². The van der Waals surface area contributed by atoms with Crippen molar-refractivity contribution >= 4 is 0 Å². The number of allylic oxidation sites excluding steroid dienone is 6. The fourth-order valence-electron chi connectivity index (χ4n) is 6.39. The van der Waals surface area contributed by atoms with Crippen LogP contribution in [0.5, 0.6) is 0 Å². The molecule has 0 aliphatic heterocycles. The summed E-state index contributed by atoms with van der Waals surface area (Å²) in [6.07, 6.45) is 14.9. The largest absolute Gasteiger partial charge is 0.393 e. The Morgan fingerprint density at radius 1 is 1.24 bits per heavy atom. The zero-order valence-electron chi connectivity index (χ0n) is 22.4. The second-order valence-corrected chi connectivity index (χ2v) is 10.8. The first-order valence-corrected chi connectivity index (χ1v) is 11.9. The zero-order chi connectivity index (χ0) is 23.7. The molecule has 1 heteroatoms. The van der Waals surface area contributed by atoms with Gasteiger partial charge in [-0.1, -0.05) is 76.6 Å². The Hall–Kier alpha value is -1.08. The zero-order valence-corrected chi connectivity index (χ0v) is 19.4. The summed E-state index contributed by atoms with van der Waals surface area (Å²) in [6, 6.07) is 0.421. The lowest BCUT2D eigenvalue weighted by Gasteiger charge is -2.51. The molecule has 0 heterocycles. The van der Waals surface area contributed by atoms with Gasteiger partial charge in [-0.15, -0.1) is 0 Å². The van der Waals surface area contributed by atoms with Gasteiger partial charge in [0.1, 0.15) is 0 Å². The number of hydrogen-bond acceptors (Lipinski definition) is 1. The Morgan fingerprint density at radius 2 is 2.03 bits per heavy atom. The van der Waals surface area contributed by atoms with Crippen molar-refractivity contribution < 1.29 is 9.22 Å². The third-order valence-corrected chi connectivity index (χ3v) is 8.52. The van der Waals surface area contributed by atoms with E-state index in [1.54, 1.807) is 0 Å². The standard InChI is InChI=1S/C28H44O/c1-20(2)9-7-10-22(4)26-16-18-27(5)24(11-8-17-28(26,27)6)14-13-23-19-25(29)15-12-21(23)3/h7,10,13-14,20,22,25-26,29H,3,8-9,11-12,15-19H2,1-2,4-6H3/b10-7+,23-13-,24-14+/t22-,25+,26-,27+,28-/m1/s1/i3D2,13D. The summed E-state index contributed by atoms with van der Waals surface area (Å²) in [4.78, 5) is 0. The van der Waals surface area contributed by atoms with Crippen LogP contribution in [0.15, 0.2) is 47.5 Å². The van der Waals surface area contributed by atoms with E-state index in [2.05, 4.69) is 52.8 Å². The average Bonchev–Trinajstić information content (AvgIpc) is 2.99. The fourth-order valence-corrected chi connectivity index (χ4v) is 6.39. The molecule has 3 fully saturated rings. The van der Waals surface area contributed by atoms with Gasteiger partial charge in [0.2, 0.25) is 0 Å². The maximum atomic E-state index is 10.2. The summed E-state index contributed by atoms with van der Waals surface area (Å²) in [7, 11) is 0. The number of aliphatic hydroxyl groups excluding tert-OH is 1. The quantitative estimate of drug-likeness (QED) is 0.468. The van der Waals surface area contributed by atoms with Crippen LogP contribution in [0, 0.1) is 28.6 Å². The summed E-state index contributed by atoms with van der Waals surface area (Å²) in [5, 5.41) is 10.2. The minimum Gasteiger partial charge on any atom is -0.393 e. The second kappa shape index (κ2) is 8.96. The van der Waals surface area contributed by atoms with Gasteiger partial charge < -0.3 is 5.11 Å². The van der Waals surface area contributed by atoms with Crippen molar-refractivity contribution in [2.45, 2.75) is 98.5 Å². The van der Waals surface area contributed by atoms with Crippen LogP contribution in [0.25, 0.3) is 0 Å². The van der Waals surface area contributed by atoms with Gasteiger partial charge >= 0.3 is 0 Å². The Bertz CT molecular complexity index is 817. The Kier molecular flexibility index (Phi) is 5.77. The number of hydrogen-bond donors (Lipinski definition) is 1. The first kappa shape index (κ1) is 18.7. The van der Waals surface area contributed by atoms with E-state index in [1.807, 2.05) is 0 Å². The SMILES string of the molecule is [2H]C([2H])=C1CC[C@H](O)C/C1=C([2H])/C=C1\CCC[C@]2(C)[C@@H]([C@H](C)/C=C/CC(C)C)CC[C@@]12C. The van der Waals surface area contributed by atoms with Crippen molar-refractivity contribution in [3.8, 4) is 0 Å². The molecule has 0 bridgehead atoms. The molecule has 0 amide bonds. The lowest BCUT2D eigenvalue weighted by molar-refractivity contribution is 0.0457. The topological polar surface area (TPSA) is 20.2 Å². The van der Waals surface area contributed by atoms with Gasteiger partial charge in [0.25, 0.3) is 0 Å². The molecule has 29 heavy (non-hydrogen) atoms. The van der Waals surface area contributed by atoms with Crippen LogP contribution in [-0.4, -0.2) is 11.2 Å². The summed E-state index contributed by atoms with van der Waals surface area (Å²) in [5.41, 5.74) is 3.05. The Balaban J connectivity index is 1.92. The highest BCUT2D eigenvalue weighted by atomic mass is 16.3. The molecular weight excluding hydrogens is 352 g/mol. The Labute approximate surface area is 184 Å². The van der Waals surface area contributed by atoms with Crippen molar-refractivity contribution in [3.63, 3.8) is 0 Å². The summed E-state index contributed by atoms with van der Waals surface area (Å²) in [5.74, 6) is 1.91. The molecule has 0 saturated heterocycles. The van der Waals surface area contributed by atoms with E-state index in [9.17, 15) is 5.11 Å². The van der Waals surface area contributed by atoms with Crippen LogP contribution in [0.2, 0.25) is 0 Å². The number of rotatable bonds is 5. The monoisotopic (exact) mass is 399 g/mol. The molecule has 3 rings (SSSR count). The number of fused-ring (bicyclic) bond motifs is 1. The smallest absolute Gasteiger partial charge is 0.0626 e. The molecule has 0 aromatic heterocycles. The normalized spacial score (nSPS) is 41.3. The van der Waals surface area contributed by atoms with Crippen molar-refractivity contribution in [3.05, 3.63) is 47.5 Å². The predicted molar refractivity (Wildman–Crippen MR) is 126 cm³/mol. The second-order valence-electron chi connectivity index (χ2n) is 10.8. The predicted octanol–water partition coefficient (Wildman–Crippen LogP) is 7.79. The summed E-state index contributed by atoms with van der Waals surface area (Å²) in [6.45, 7) is 11.6. The van der Waals surface area contributed by atoms with E-state index in [0.717, 1.165) is 19.3 Å². The lowest BCUT2D eigenvalue weighted by Crippen LogP contribution is -2.42. The van der Waals surface area contributed by atoms with Gasteiger partial charge in [0.05, 0.1) is 10.2 Å². The molecule has 0 aromatic carbocycles. The van der Waals surface area contributed by atoms with Gasteiger partial charge in [-0.25, -0.2) is 0 Å². The van der Waals surface area contributed by atoms with Crippen LogP contribution in [0.3, 0.4) is 0 Å². The maximum absolute atomic E-state index is 10.2. The molecule has 5 atom stereocenters. The molecule has 0 radical (unpaired) electrons. The average molecular weight is 400 g/mol. The fraction of sp³-hybridized carbons (Fsp3) is 0.714. The molecule has 0 unspecified atom stereocenters. The maximum Gasteiger partial charge on any atom is 0.0626 e. The van der Waals surface area contributed by atoms with E-state index < -0.39 is 6.10 Å². The van der Waals surface area contributed by atoms with Crippen LogP contribution in [-0.2, 0) is 0 Å². The van der Waals surface area contributed by atoms with Crippen molar-refractivity contribution in [2.24, 2.45) is 28.6 Å². The minimum atomic E-state index is -0.464. The summed E-state index contributed by atoms with van der Waals surface area (Å²) >= 11 is 0. The molecule has 1 N–H and O–H groups in total. The van der Waals surface area contributed by atoms with E-state index >= 15 is 0 Å². The highest BCUT2D eigenvalue weighted by Crippen LogP contribution is 2.66. The molecule has 3 aliphatic rings. The van der Waals surface area contributed by atoms with Crippen LogP contribution < -0.4 is 0 Å². The van der Waals surface area contributed by atoms with Gasteiger partial charge in [-0.05, 0) is 91.9 Å². The Morgan fingerprint density at radius 3 is 2.76 bits per heavy atom. The molecule has 3 aliphatic carbocycles. The lowest BCUT2D eigenvalue weighted by atomic mass is 9.53. The van der Waals surface area contributed by atoms with E-state index in [0.29, 0.717) is 54.2 Å². The third-order valence-electron chi connectivity index (χ3n) is 8.52. The van der Waals surface area contributed by atoms with Crippen LogP contribution in [0.1, 0.15) is 96.5 Å². The summed E-state index contributed by atoms with van der Waals surface area (Å²) < 4.78 is 24.6. The number of aliphatic hydroxyl groups is 1. The van der Waals surface area contributed by atoms with Crippen molar-refractivity contribution in [1.82, 2.24) is 0 Å². The van der Waals surface area contributed by atoms with Crippen molar-refractivity contribution in [2.75, 3.05) is 0 Å². The van der Waals surface area contributed by atoms with Crippen LogP contribution >= 0.6 is 0 Å². The first-order chi connectivity index (χ1) is 15.0. The van der Waals surface area contributed by atoms with Crippen LogP contribution in [0.4, 0.5) is 0 Å². The third kappa shape index (κ3) is 4.50. The van der Waals surface area contributed by atoms with Gasteiger partial charge in [-0.3, -0.25) is 0 Å². The minimum absolute atomic E-state index is 0.0881. The van der Waals surface area contributed by atoms with Gasteiger partial charge in [0.15, 0.2) is 0 Å². The van der Waals surface area contributed by atoms with Crippen molar-refractivity contribution in [1.29, 1.82) is 0 Å². The molecular formula is C28H44O. The molecule has 0 spiro atoms. The molecule has 3 saturated carbocycles. The van der Waals surface area contributed by atoms with Gasteiger partial charge in [0, 0.05) is 0 Å². The van der Waals surface area contributed by atoms with E-state index in [1.165, 1.54) is 24.8 Å². The van der Waals surface area contributed by atoms with E-state index in [-0.39, 0.29) is 17.4 Å². The molecule has 0 aromatic rings. The molecule has 162 valence electrons. The highest BCUT2D eigenvalue weighted by Gasteiger charge is 2.57.